The van der Waals surface area contributed by atoms with Crippen molar-refractivity contribution in [2.75, 3.05) is 0 Å². The van der Waals surface area contributed by atoms with Crippen molar-refractivity contribution in [3.8, 4) is 22.3 Å². The minimum atomic E-state index is -1.56. The number of rotatable bonds is 3. The Balaban J connectivity index is 1.99. The minimum Gasteiger partial charge on any atom is -0.423 e. The number of benzene rings is 5. The fraction of sp³-hybridized carbons (Fsp3) is 0. The molecule has 0 fully saturated rings. The molecule has 29 heavy (non-hydrogen) atoms. The first kappa shape index (κ1) is 17.7. The molecule has 0 bridgehead atoms. The van der Waals surface area contributed by atoms with Gasteiger partial charge in [-0.15, -0.1) is 0 Å². The zero-order chi connectivity index (χ0) is 19.8. The van der Waals surface area contributed by atoms with Crippen LogP contribution >= 0.6 is 0 Å². The Hall–Kier alpha value is -3.40. The number of fused-ring (bicyclic) bond motifs is 2. The Labute approximate surface area is 169 Å². The van der Waals surface area contributed by atoms with Crippen LogP contribution in [0.25, 0.3) is 43.8 Å². The standard InChI is InChI=1S/C26H19BO2/c28-27(29)24-17-15-20-11-5-7-13-22(20)26(24)25-21-12-6-4-10-19(21)14-16-23(25)18-8-2-1-3-9-18/h1-17,28-29H. The van der Waals surface area contributed by atoms with Crippen molar-refractivity contribution in [3.05, 3.63) is 103 Å². The van der Waals surface area contributed by atoms with Crippen molar-refractivity contribution in [2.24, 2.45) is 0 Å². The summed E-state index contributed by atoms with van der Waals surface area (Å²) in [5.74, 6) is 0. The molecule has 0 radical (unpaired) electrons. The van der Waals surface area contributed by atoms with Crippen molar-refractivity contribution in [1.82, 2.24) is 0 Å². The lowest BCUT2D eigenvalue weighted by molar-refractivity contribution is 0.426. The van der Waals surface area contributed by atoms with Gasteiger partial charge in [0.05, 0.1) is 0 Å². The van der Waals surface area contributed by atoms with Crippen LogP contribution in [0, 0.1) is 0 Å². The fourth-order valence-electron chi connectivity index (χ4n) is 4.18. The molecule has 0 aliphatic carbocycles. The summed E-state index contributed by atoms with van der Waals surface area (Å²) in [6.07, 6.45) is 0. The van der Waals surface area contributed by atoms with Crippen molar-refractivity contribution in [3.63, 3.8) is 0 Å². The van der Waals surface area contributed by atoms with Gasteiger partial charge in [-0.3, -0.25) is 0 Å². The summed E-state index contributed by atoms with van der Waals surface area (Å²) >= 11 is 0. The zero-order valence-electron chi connectivity index (χ0n) is 15.8. The van der Waals surface area contributed by atoms with Crippen LogP contribution < -0.4 is 5.46 Å². The Morgan fingerprint density at radius 2 is 1.03 bits per heavy atom. The van der Waals surface area contributed by atoms with Crippen LogP contribution in [0.1, 0.15) is 0 Å². The summed E-state index contributed by atoms with van der Waals surface area (Å²) in [5, 5.41) is 24.7. The molecule has 0 aromatic heterocycles. The van der Waals surface area contributed by atoms with Gasteiger partial charge in [0, 0.05) is 0 Å². The van der Waals surface area contributed by atoms with Gasteiger partial charge >= 0.3 is 7.12 Å². The van der Waals surface area contributed by atoms with Gasteiger partial charge in [-0.05, 0) is 49.3 Å². The third-order valence-corrected chi connectivity index (χ3v) is 5.50. The van der Waals surface area contributed by atoms with Gasteiger partial charge in [0.25, 0.3) is 0 Å². The van der Waals surface area contributed by atoms with Crippen LogP contribution in [0.4, 0.5) is 0 Å². The Morgan fingerprint density at radius 1 is 0.483 bits per heavy atom. The summed E-state index contributed by atoms with van der Waals surface area (Å²) < 4.78 is 0. The molecule has 5 aromatic rings. The third kappa shape index (κ3) is 3.01. The molecular formula is C26H19BO2. The van der Waals surface area contributed by atoms with E-state index in [2.05, 4.69) is 42.5 Å². The molecule has 5 rings (SSSR count). The second-order valence-corrected chi connectivity index (χ2v) is 7.20. The van der Waals surface area contributed by atoms with E-state index < -0.39 is 7.12 Å². The van der Waals surface area contributed by atoms with Crippen LogP contribution in [0.15, 0.2) is 103 Å². The smallest absolute Gasteiger partial charge is 0.423 e. The summed E-state index contributed by atoms with van der Waals surface area (Å²) in [6.45, 7) is 0. The molecular weight excluding hydrogens is 355 g/mol. The molecule has 0 aliphatic heterocycles. The lowest BCUT2D eigenvalue weighted by Gasteiger charge is -2.19. The van der Waals surface area contributed by atoms with Crippen LogP contribution in [0.5, 0.6) is 0 Å². The van der Waals surface area contributed by atoms with Crippen LogP contribution in [-0.2, 0) is 0 Å². The van der Waals surface area contributed by atoms with Gasteiger partial charge in [-0.2, -0.15) is 0 Å². The first-order valence-electron chi connectivity index (χ1n) is 9.69. The van der Waals surface area contributed by atoms with Gasteiger partial charge in [-0.1, -0.05) is 103 Å². The summed E-state index contributed by atoms with van der Waals surface area (Å²) in [6, 6.07) is 34.6. The highest BCUT2D eigenvalue weighted by atomic mass is 16.4. The van der Waals surface area contributed by atoms with Crippen molar-refractivity contribution < 1.29 is 10.0 Å². The highest BCUT2D eigenvalue weighted by Gasteiger charge is 2.23. The molecule has 138 valence electrons. The van der Waals surface area contributed by atoms with E-state index in [1.807, 2.05) is 60.7 Å². The van der Waals surface area contributed by atoms with Crippen LogP contribution in [0.3, 0.4) is 0 Å². The van der Waals surface area contributed by atoms with E-state index in [4.69, 9.17) is 0 Å². The molecule has 0 heterocycles. The molecule has 0 atom stereocenters. The lowest BCUT2D eigenvalue weighted by Crippen LogP contribution is -2.31. The van der Waals surface area contributed by atoms with E-state index in [9.17, 15) is 10.0 Å². The van der Waals surface area contributed by atoms with E-state index >= 15 is 0 Å². The van der Waals surface area contributed by atoms with Gasteiger partial charge < -0.3 is 10.0 Å². The quantitative estimate of drug-likeness (QED) is 0.436. The first-order chi connectivity index (χ1) is 14.2. The SMILES string of the molecule is OB(O)c1ccc2ccccc2c1-c1c(-c2ccccc2)ccc2ccccc12. The summed E-state index contributed by atoms with van der Waals surface area (Å²) in [5.41, 5.74) is 4.57. The first-order valence-corrected chi connectivity index (χ1v) is 9.69. The molecule has 0 aliphatic rings. The second kappa shape index (κ2) is 7.21. The Bertz CT molecular complexity index is 1330. The second-order valence-electron chi connectivity index (χ2n) is 7.20. The molecule has 3 heteroatoms. The molecule has 5 aromatic carbocycles. The van der Waals surface area contributed by atoms with E-state index in [-0.39, 0.29) is 0 Å². The molecule has 0 saturated carbocycles. The average molecular weight is 374 g/mol. The summed E-state index contributed by atoms with van der Waals surface area (Å²) in [4.78, 5) is 0. The van der Waals surface area contributed by atoms with Gasteiger partial charge in [0.1, 0.15) is 0 Å². The van der Waals surface area contributed by atoms with Crippen molar-refractivity contribution >= 4 is 34.1 Å². The van der Waals surface area contributed by atoms with Crippen molar-refractivity contribution in [2.45, 2.75) is 0 Å². The van der Waals surface area contributed by atoms with Crippen LogP contribution in [0.2, 0.25) is 0 Å². The normalized spacial score (nSPS) is 11.1. The Kier molecular flexibility index (Phi) is 4.40. The van der Waals surface area contributed by atoms with Gasteiger partial charge in [-0.25, -0.2) is 0 Å². The zero-order valence-corrected chi connectivity index (χ0v) is 15.8. The lowest BCUT2D eigenvalue weighted by atomic mass is 9.72. The maximum Gasteiger partial charge on any atom is 0.489 e. The molecule has 0 spiro atoms. The number of hydrogen-bond acceptors (Lipinski definition) is 2. The molecule has 0 saturated heterocycles. The molecule has 0 unspecified atom stereocenters. The highest BCUT2D eigenvalue weighted by Crippen LogP contribution is 2.40. The topological polar surface area (TPSA) is 40.5 Å². The predicted octanol–water partition coefficient (Wildman–Crippen LogP) is 5.01. The molecule has 2 nitrogen and oxygen atoms in total. The molecule has 2 N–H and O–H groups in total. The maximum atomic E-state index is 10.2. The van der Waals surface area contributed by atoms with Crippen LogP contribution in [-0.4, -0.2) is 17.2 Å². The van der Waals surface area contributed by atoms with E-state index in [1.54, 1.807) is 0 Å². The maximum absolute atomic E-state index is 10.2. The fourth-order valence-corrected chi connectivity index (χ4v) is 4.18. The highest BCUT2D eigenvalue weighted by molar-refractivity contribution is 6.61. The monoisotopic (exact) mass is 374 g/mol. The Morgan fingerprint density at radius 3 is 1.69 bits per heavy atom. The third-order valence-electron chi connectivity index (χ3n) is 5.50. The minimum absolute atomic E-state index is 0.511. The predicted molar refractivity (Wildman–Crippen MR) is 122 cm³/mol. The largest absolute Gasteiger partial charge is 0.489 e. The van der Waals surface area contributed by atoms with E-state index in [0.717, 1.165) is 43.8 Å². The van der Waals surface area contributed by atoms with Gasteiger partial charge in [0.15, 0.2) is 0 Å². The average Bonchev–Trinajstić information content (AvgIpc) is 2.78. The molecule has 0 amide bonds. The van der Waals surface area contributed by atoms with E-state index in [1.165, 1.54) is 0 Å². The summed E-state index contributed by atoms with van der Waals surface area (Å²) in [7, 11) is -1.56. The van der Waals surface area contributed by atoms with Crippen molar-refractivity contribution in [1.29, 1.82) is 0 Å². The van der Waals surface area contributed by atoms with E-state index in [0.29, 0.717) is 5.46 Å². The van der Waals surface area contributed by atoms with Gasteiger partial charge in [0.2, 0.25) is 0 Å². The number of hydrogen-bond donors (Lipinski definition) is 2.